The second kappa shape index (κ2) is 4.81. The highest BCUT2D eigenvalue weighted by atomic mass is 19.4. The largest absolute Gasteiger partial charge is 0.416 e. The number of aromatic amines is 1. The van der Waals surface area contributed by atoms with E-state index in [1.165, 1.54) is 6.07 Å². The van der Waals surface area contributed by atoms with Gasteiger partial charge in [-0.3, -0.25) is 5.10 Å². The van der Waals surface area contributed by atoms with Crippen LogP contribution in [0.25, 0.3) is 0 Å². The summed E-state index contributed by atoms with van der Waals surface area (Å²) in [4.78, 5) is 0. The smallest absolute Gasteiger partial charge is 0.325 e. The quantitative estimate of drug-likeness (QED) is 0.885. The Morgan fingerprint density at radius 1 is 1.22 bits per heavy atom. The van der Waals surface area contributed by atoms with Crippen LogP contribution in [0.1, 0.15) is 22.5 Å². The first-order chi connectivity index (χ1) is 8.49. The first-order valence-corrected chi connectivity index (χ1v) is 5.38. The summed E-state index contributed by atoms with van der Waals surface area (Å²) in [6.45, 7) is 0.305. The number of nitrogens with two attached hydrogens (primary N) is 1. The topological polar surface area (TPSA) is 54.7 Å². The number of hydrogen-bond donors (Lipinski definition) is 2. The summed E-state index contributed by atoms with van der Waals surface area (Å²) in [6, 6.07) is 7.00. The van der Waals surface area contributed by atoms with Gasteiger partial charge in [-0.1, -0.05) is 18.2 Å². The van der Waals surface area contributed by atoms with Crippen LogP contribution >= 0.6 is 0 Å². The molecular weight excluding hydrogens is 243 g/mol. The molecule has 2 aromatic rings. The molecule has 0 spiro atoms. The number of nitrogens with one attached hydrogen (secondary N) is 1. The number of halogens is 3. The van der Waals surface area contributed by atoms with Crippen LogP contribution in [0.5, 0.6) is 0 Å². The molecule has 0 atom stereocenters. The van der Waals surface area contributed by atoms with E-state index in [2.05, 4.69) is 10.2 Å². The molecule has 0 fully saturated rings. The summed E-state index contributed by atoms with van der Waals surface area (Å²) in [5.41, 5.74) is 6.78. The van der Waals surface area contributed by atoms with Crippen molar-refractivity contribution in [1.29, 1.82) is 0 Å². The van der Waals surface area contributed by atoms with Gasteiger partial charge in [0.2, 0.25) is 0 Å². The highest BCUT2D eigenvalue weighted by molar-refractivity contribution is 5.29. The number of hydrogen-bond acceptors (Lipinski definition) is 2. The Morgan fingerprint density at radius 3 is 2.61 bits per heavy atom. The summed E-state index contributed by atoms with van der Waals surface area (Å²) in [5, 5.41) is 6.68. The van der Waals surface area contributed by atoms with Gasteiger partial charge < -0.3 is 5.73 Å². The molecule has 0 saturated carbocycles. The number of H-pyrrole nitrogens is 1. The van der Waals surface area contributed by atoms with Crippen molar-refractivity contribution in [2.24, 2.45) is 5.73 Å². The van der Waals surface area contributed by atoms with Crippen LogP contribution in [0, 0.1) is 0 Å². The van der Waals surface area contributed by atoms with Gasteiger partial charge in [-0.05, 0) is 17.7 Å². The van der Waals surface area contributed by atoms with E-state index in [-0.39, 0.29) is 0 Å². The fourth-order valence-corrected chi connectivity index (χ4v) is 1.68. The van der Waals surface area contributed by atoms with Gasteiger partial charge in [0.25, 0.3) is 0 Å². The summed E-state index contributed by atoms with van der Waals surface area (Å²) >= 11 is 0. The Morgan fingerprint density at radius 2 is 2.00 bits per heavy atom. The molecule has 0 bridgehead atoms. The first-order valence-electron chi connectivity index (χ1n) is 5.38. The fourth-order valence-electron chi connectivity index (χ4n) is 1.68. The SMILES string of the molecule is NCc1cc(Cc2cccc(C(F)(F)F)c2)[nH]n1. The van der Waals surface area contributed by atoms with Crippen LogP contribution < -0.4 is 5.73 Å². The van der Waals surface area contributed by atoms with E-state index in [9.17, 15) is 13.2 Å². The Balaban J connectivity index is 2.19. The van der Waals surface area contributed by atoms with Crippen LogP contribution in [0.4, 0.5) is 13.2 Å². The zero-order valence-electron chi connectivity index (χ0n) is 9.46. The lowest BCUT2D eigenvalue weighted by molar-refractivity contribution is -0.137. The van der Waals surface area contributed by atoms with E-state index in [1.54, 1.807) is 12.1 Å². The summed E-state index contributed by atoms with van der Waals surface area (Å²) in [6.07, 6.45) is -3.94. The second-order valence-electron chi connectivity index (χ2n) is 3.96. The fraction of sp³-hybridized carbons (Fsp3) is 0.250. The van der Waals surface area contributed by atoms with Crippen LogP contribution in [-0.2, 0) is 19.1 Å². The van der Waals surface area contributed by atoms with Crippen LogP contribution in [0.3, 0.4) is 0 Å². The van der Waals surface area contributed by atoms with Gasteiger partial charge >= 0.3 is 6.18 Å². The molecule has 1 aromatic heterocycles. The van der Waals surface area contributed by atoms with Crippen molar-refractivity contribution in [3.05, 3.63) is 52.8 Å². The van der Waals surface area contributed by atoms with Crippen LogP contribution in [0.2, 0.25) is 0 Å². The predicted octanol–water partition coefficient (Wildman–Crippen LogP) is 2.48. The molecular formula is C12H12F3N3. The average Bonchev–Trinajstić information content (AvgIpc) is 2.76. The van der Waals surface area contributed by atoms with Crippen molar-refractivity contribution in [3.63, 3.8) is 0 Å². The van der Waals surface area contributed by atoms with Gasteiger partial charge in [0.05, 0.1) is 11.3 Å². The van der Waals surface area contributed by atoms with Crippen molar-refractivity contribution < 1.29 is 13.2 Å². The maximum Gasteiger partial charge on any atom is 0.416 e. The van der Waals surface area contributed by atoms with E-state index in [1.807, 2.05) is 0 Å². The molecule has 0 aliphatic rings. The first kappa shape index (κ1) is 12.6. The molecule has 6 heteroatoms. The van der Waals surface area contributed by atoms with Crippen molar-refractivity contribution in [2.45, 2.75) is 19.1 Å². The molecule has 2 rings (SSSR count). The summed E-state index contributed by atoms with van der Waals surface area (Å²) < 4.78 is 37.6. The molecule has 0 saturated heterocycles. The van der Waals surface area contributed by atoms with Crippen molar-refractivity contribution in [1.82, 2.24) is 10.2 Å². The Labute approximate surface area is 102 Å². The summed E-state index contributed by atoms with van der Waals surface area (Å²) in [7, 11) is 0. The van der Waals surface area contributed by atoms with Gasteiger partial charge in [0, 0.05) is 18.7 Å². The predicted molar refractivity (Wildman–Crippen MR) is 60.7 cm³/mol. The standard InChI is InChI=1S/C12H12F3N3/c13-12(14,15)9-3-1-2-8(4-9)5-10-6-11(7-16)18-17-10/h1-4,6H,5,7,16H2,(H,17,18). The van der Waals surface area contributed by atoms with E-state index >= 15 is 0 Å². The van der Waals surface area contributed by atoms with Crippen molar-refractivity contribution >= 4 is 0 Å². The number of nitrogens with zero attached hydrogens (tertiary/aromatic N) is 1. The molecule has 1 heterocycles. The highest BCUT2D eigenvalue weighted by Crippen LogP contribution is 2.29. The minimum Gasteiger partial charge on any atom is -0.325 e. The lowest BCUT2D eigenvalue weighted by atomic mass is 10.1. The zero-order chi connectivity index (χ0) is 13.2. The van der Waals surface area contributed by atoms with Gasteiger partial charge in [-0.25, -0.2) is 0 Å². The number of aromatic nitrogens is 2. The molecule has 3 N–H and O–H groups in total. The Kier molecular flexibility index (Phi) is 3.38. The molecule has 96 valence electrons. The number of alkyl halides is 3. The van der Waals surface area contributed by atoms with E-state index in [4.69, 9.17) is 5.73 Å². The molecule has 3 nitrogen and oxygen atoms in total. The molecule has 0 unspecified atom stereocenters. The Bertz CT molecular complexity index is 531. The molecule has 1 aromatic carbocycles. The van der Waals surface area contributed by atoms with Gasteiger partial charge in [-0.2, -0.15) is 18.3 Å². The third kappa shape index (κ3) is 2.89. The van der Waals surface area contributed by atoms with Crippen LogP contribution in [0.15, 0.2) is 30.3 Å². The number of rotatable bonds is 3. The lowest BCUT2D eigenvalue weighted by Crippen LogP contribution is -2.05. The van der Waals surface area contributed by atoms with E-state index in [0.29, 0.717) is 24.2 Å². The van der Waals surface area contributed by atoms with Crippen LogP contribution in [-0.4, -0.2) is 10.2 Å². The maximum atomic E-state index is 12.5. The van der Waals surface area contributed by atoms with Gasteiger partial charge in [-0.15, -0.1) is 0 Å². The van der Waals surface area contributed by atoms with Crippen molar-refractivity contribution in [2.75, 3.05) is 0 Å². The molecule has 0 aliphatic heterocycles. The normalized spacial score (nSPS) is 11.8. The van der Waals surface area contributed by atoms with Crippen molar-refractivity contribution in [3.8, 4) is 0 Å². The maximum absolute atomic E-state index is 12.5. The zero-order valence-corrected chi connectivity index (χ0v) is 9.46. The molecule has 0 amide bonds. The molecule has 0 radical (unpaired) electrons. The third-order valence-electron chi connectivity index (χ3n) is 2.54. The molecule has 18 heavy (non-hydrogen) atoms. The summed E-state index contributed by atoms with van der Waals surface area (Å²) in [5.74, 6) is 0. The molecule has 0 aliphatic carbocycles. The monoisotopic (exact) mass is 255 g/mol. The van der Waals surface area contributed by atoms with E-state index < -0.39 is 11.7 Å². The average molecular weight is 255 g/mol. The second-order valence-corrected chi connectivity index (χ2v) is 3.96. The minimum atomic E-state index is -4.31. The lowest BCUT2D eigenvalue weighted by Gasteiger charge is -2.07. The Hall–Kier alpha value is -1.82. The van der Waals surface area contributed by atoms with E-state index in [0.717, 1.165) is 17.8 Å². The number of benzene rings is 1. The van der Waals surface area contributed by atoms with Gasteiger partial charge in [0.1, 0.15) is 0 Å². The minimum absolute atomic E-state index is 0.305. The third-order valence-corrected chi connectivity index (χ3v) is 2.54. The highest BCUT2D eigenvalue weighted by Gasteiger charge is 2.30. The van der Waals surface area contributed by atoms with Gasteiger partial charge in [0.15, 0.2) is 0 Å².